The third-order valence-corrected chi connectivity index (χ3v) is 3.93. The standard InChI is InChI=1S/C18H17ClF2O.C2H6O/c1-4-12-9-15(19)14(18(21)17(12)20)8-11-5-6-16(22)13(7-11)10(2)3;1-3-2/h4-7,9-10,22H,1,8H2,2-3H3;1-2H3. The van der Waals surface area contributed by atoms with E-state index in [4.69, 9.17) is 11.6 Å². The second-order valence-electron chi connectivity index (χ2n) is 5.89. The summed E-state index contributed by atoms with van der Waals surface area (Å²) in [4.78, 5) is 0. The highest BCUT2D eigenvalue weighted by molar-refractivity contribution is 6.31. The number of hydrogen-bond acceptors (Lipinski definition) is 2. The van der Waals surface area contributed by atoms with Crippen molar-refractivity contribution in [2.75, 3.05) is 14.2 Å². The Morgan fingerprint density at radius 3 is 2.32 bits per heavy atom. The molecule has 0 heterocycles. The van der Waals surface area contributed by atoms with Crippen molar-refractivity contribution in [3.8, 4) is 5.75 Å². The lowest BCUT2D eigenvalue weighted by Gasteiger charge is -2.13. The second-order valence-corrected chi connectivity index (χ2v) is 6.30. The largest absolute Gasteiger partial charge is 0.508 e. The van der Waals surface area contributed by atoms with Gasteiger partial charge in [-0.25, -0.2) is 8.78 Å². The molecule has 0 fully saturated rings. The number of phenols is 1. The third-order valence-electron chi connectivity index (χ3n) is 3.60. The predicted molar refractivity (Wildman–Crippen MR) is 99.4 cm³/mol. The lowest BCUT2D eigenvalue weighted by atomic mass is 9.96. The van der Waals surface area contributed by atoms with Crippen LogP contribution in [0.3, 0.4) is 0 Å². The molecule has 1 N–H and O–H groups in total. The molecule has 0 aliphatic carbocycles. The summed E-state index contributed by atoms with van der Waals surface area (Å²) in [6.07, 6.45) is 1.38. The van der Waals surface area contributed by atoms with E-state index in [9.17, 15) is 13.9 Å². The van der Waals surface area contributed by atoms with Crippen LogP contribution >= 0.6 is 11.6 Å². The molecule has 2 aromatic rings. The van der Waals surface area contributed by atoms with Gasteiger partial charge in [0, 0.05) is 36.8 Å². The molecule has 0 amide bonds. The molecule has 0 saturated heterocycles. The molecule has 2 aromatic carbocycles. The van der Waals surface area contributed by atoms with E-state index in [0.717, 1.165) is 11.1 Å². The van der Waals surface area contributed by atoms with Crippen molar-refractivity contribution in [2.24, 2.45) is 0 Å². The van der Waals surface area contributed by atoms with E-state index in [1.165, 1.54) is 12.1 Å². The first-order chi connectivity index (χ1) is 11.8. The number of methoxy groups -OCH3 is 1. The van der Waals surface area contributed by atoms with E-state index in [2.05, 4.69) is 11.3 Å². The van der Waals surface area contributed by atoms with Crippen LogP contribution in [0.5, 0.6) is 5.75 Å². The summed E-state index contributed by atoms with van der Waals surface area (Å²) in [7, 11) is 3.25. The number of ether oxygens (including phenoxy) is 1. The predicted octanol–water partition coefficient (Wildman–Crippen LogP) is 5.94. The van der Waals surface area contributed by atoms with Gasteiger partial charge in [0.2, 0.25) is 0 Å². The lowest BCUT2D eigenvalue weighted by Crippen LogP contribution is -2.01. The lowest BCUT2D eigenvalue weighted by molar-refractivity contribution is 0.277. The molecule has 0 bridgehead atoms. The zero-order chi connectivity index (χ0) is 19.1. The topological polar surface area (TPSA) is 29.5 Å². The van der Waals surface area contributed by atoms with Crippen LogP contribution in [-0.2, 0) is 11.2 Å². The van der Waals surface area contributed by atoms with Crippen LogP contribution in [0.4, 0.5) is 8.78 Å². The maximum absolute atomic E-state index is 14.2. The Morgan fingerprint density at radius 1 is 1.20 bits per heavy atom. The molecule has 0 aliphatic heterocycles. The fourth-order valence-electron chi connectivity index (χ4n) is 2.34. The number of halogens is 3. The number of rotatable bonds is 4. The molecule has 0 radical (unpaired) electrons. The molecule has 0 unspecified atom stereocenters. The normalized spacial score (nSPS) is 10.4. The SMILES string of the molecule is C=Cc1cc(Cl)c(Cc2ccc(O)c(C(C)C)c2)c(F)c1F.COC. The molecule has 5 heteroatoms. The van der Waals surface area contributed by atoms with Crippen LogP contribution in [0, 0.1) is 11.6 Å². The van der Waals surface area contributed by atoms with Crippen molar-refractivity contribution in [1.29, 1.82) is 0 Å². The van der Waals surface area contributed by atoms with Crippen molar-refractivity contribution in [2.45, 2.75) is 26.2 Å². The zero-order valence-electron chi connectivity index (χ0n) is 14.9. The van der Waals surface area contributed by atoms with Crippen molar-refractivity contribution in [3.05, 3.63) is 69.8 Å². The van der Waals surface area contributed by atoms with E-state index < -0.39 is 11.6 Å². The van der Waals surface area contributed by atoms with Crippen LogP contribution < -0.4 is 0 Å². The van der Waals surface area contributed by atoms with Crippen molar-refractivity contribution >= 4 is 17.7 Å². The van der Waals surface area contributed by atoms with Crippen molar-refractivity contribution < 1.29 is 18.6 Å². The summed E-state index contributed by atoms with van der Waals surface area (Å²) in [5.74, 6) is -1.59. The summed E-state index contributed by atoms with van der Waals surface area (Å²) < 4.78 is 32.3. The summed E-state index contributed by atoms with van der Waals surface area (Å²) in [5.41, 5.74) is 1.66. The smallest absolute Gasteiger partial charge is 0.166 e. The Bertz CT molecular complexity index is 743. The minimum Gasteiger partial charge on any atom is -0.508 e. The fourth-order valence-corrected chi connectivity index (χ4v) is 2.61. The van der Waals surface area contributed by atoms with Gasteiger partial charge in [0.1, 0.15) is 5.75 Å². The molecule has 0 spiro atoms. The fraction of sp³-hybridized carbons (Fsp3) is 0.300. The van der Waals surface area contributed by atoms with Gasteiger partial charge < -0.3 is 9.84 Å². The molecule has 0 aliphatic rings. The third kappa shape index (κ3) is 5.28. The maximum atomic E-state index is 14.2. The van der Waals surface area contributed by atoms with Gasteiger partial charge in [-0.1, -0.05) is 50.2 Å². The Kier molecular flexibility index (Phi) is 8.07. The Balaban J connectivity index is 0.000000970. The minimum absolute atomic E-state index is 0.0415. The number of phenolic OH excluding ortho intramolecular Hbond substituents is 1. The van der Waals surface area contributed by atoms with Crippen LogP contribution in [0.1, 0.15) is 42.0 Å². The number of hydrogen-bond donors (Lipinski definition) is 1. The van der Waals surface area contributed by atoms with E-state index in [1.807, 2.05) is 13.8 Å². The first kappa shape index (κ1) is 21.1. The first-order valence-corrected chi connectivity index (χ1v) is 8.15. The Morgan fingerprint density at radius 2 is 1.80 bits per heavy atom. The van der Waals surface area contributed by atoms with E-state index in [0.29, 0.717) is 0 Å². The Hall–Kier alpha value is -1.91. The van der Waals surface area contributed by atoms with E-state index in [1.54, 1.807) is 32.4 Å². The number of aromatic hydroxyl groups is 1. The van der Waals surface area contributed by atoms with Gasteiger partial charge in [-0.15, -0.1) is 0 Å². The molecule has 0 aromatic heterocycles. The molecular weight excluding hydrogens is 346 g/mol. The summed E-state index contributed by atoms with van der Waals surface area (Å²) >= 11 is 6.07. The van der Waals surface area contributed by atoms with Crippen LogP contribution in [-0.4, -0.2) is 19.3 Å². The van der Waals surface area contributed by atoms with Crippen LogP contribution in [0.15, 0.2) is 30.8 Å². The van der Waals surface area contributed by atoms with Gasteiger partial charge in [0.05, 0.1) is 0 Å². The summed E-state index contributed by atoms with van der Waals surface area (Å²) in [6, 6.07) is 6.39. The highest BCUT2D eigenvalue weighted by Gasteiger charge is 2.17. The molecule has 136 valence electrons. The van der Waals surface area contributed by atoms with Crippen molar-refractivity contribution in [1.82, 2.24) is 0 Å². The van der Waals surface area contributed by atoms with Crippen LogP contribution in [0.25, 0.3) is 6.08 Å². The van der Waals surface area contributed by atoms with Gasteiger partial charge in [0.15, 0.2) is 11.6 Å². The van der Waals surface area contributed by atoms with Gasteiger partial charge in [-0.05, 0) is 29.2 Å². The van der Waals surface area contributed by atoms with E-state index >= 15 is 0 Å². The van der Waals surface area contributed by atoms with Gasteiger partial charge >= 0.3 is 0 Å². The molecule has 2 rings (SSSR count). The zero-order valence-corrected chi connectivity index (χ0v) is 15.6. The summed E-state index contributed by atoms with van der Waals surface area (Å²) in [5, 5.41) is 9.98. The maximum Gasteiger partial charge on any atom is 0.166 e. The van der Waals surface area contributed by atoms with Gasteiger partial charge in [0.25, 0.3) is 0 Å². The minimum atomic E-state index is -0.957. The Labute approximate surface area is 152 Å². The first-order valence-electron chi connectivity index (χ1n) is 7.77. The average Bonchev–Trinajstić information content (AvgIpc) is 2.56. The molecule has 2 nitrogen and oxygen atoms in total. The van der Waals surface area contributed by atoms with Crippen LogP contribution in [0.2, 0.25) is 5.02 Å². The average molecular weight is 369 g/mol. The molecule has 0 saturated carbocycles. The highest BCUT2D eigenvalue weighted by atomic mass is 35.5. The van der Waals surface area contributed by atoms with Gasteiger partial charge in [-0.3, -0.25) is 0 Å². The summed E-state index contributed by atoms with van der Waals surface area (Å²) in [6.45, 7) is 7.33. The van der Waals surface area contributed by atoms with E-state index in [-0.39, 0.29) is 34.2 Å². The number of benzene rings is 2. The monoisotopic (exact) mass is 368 g/mol. The molecule has 25 heavy (non-hydrogen) atoms. The second kappa shape index (κ2) is 9.54. The van der Waals surface area contributed by atoms with Crippen molar-refractivity contribution in [3.63, 3.8) is 0 Å². The molecular formula is C20H23ClF2O2. The van der Waals surface area contributed by atoms with Gasteiger partial charge in [-0.2, -0.15) is 0 Å². The highest BCUT2D eigenvalue weighted by Crippen LogP contribution is 2.31. The quantitative estimate of drug-likeness (QED) is 0.676. The molecule has 0 atom stereocenters.